The van der Waals surface area contributed by atoms with Crippen LogP contribution in [-0.2, 0) is 18.4 Å². The van der Waals surface area contributed by atoms with Gasteiger partial charge in [0.05, 0.1) is 18.2 Å². The van der Waals surface area contributed by atoms with Gasteiger partial charge < -0.3 is 10.2 Å². The quantitative estimate of drug-likeness (QED) is 0.883. The molecule has 3 heterocycles. The summed E-state index contributed by atoms with van der Waals surface area (Å²) in [5, 5.41) is 8.38. The molecule has 0 aliphatic carbocycles. The van der Waals surface area contributed by atoms with Gasteiger partial charge in [0.1, 0.15) is 5.15 Å². The number of nitrogens with one attached hydrogen (secondary N) is 1. The highest BCUT2D eigenvalue weighted by Gasteiger charge is 2.41. The minimum Gasteiger partial charge on any atom is -0.336 e. The third kappa shape index (κ3) is 2.15. The molecular formula is C13H19ClN4O. The summed E-state index contributed by atoms with van der Waals surface area (Å²) in [5.74, 6) is 0.418. The van der Waals surface area contributed by atoms with E-state index in [1.165, 1.54) is 0 Å². The van der Waals surface area contributed by atoms with Crippen LogP contribution in [0, 0.1) is 12.8 Å². The normalized spacial score (nSPS) is 26.9. The van der Waals surface area contributed by atoms with Crippen LogP contribution >= 0.6 is 11.6 Å². The number of carbonyl (C=O) groups is 1. The minimum atomic E-state index is 0.157. The predicted octanol–water partition coefficient (Wildman–Crippen LogP) is 1.09. The third-order valence-electron chi connectivity index (χ3n) is 4.25. The van der Waals surface area contributed by atoms with Crippen molar-refractivity contribution >= 4 is 17.5 Å². The van der Waals surface area contributed by atoms with E-state index in [0.29, 0.717) is 17.7 Å². The molecule has 0 bridgehead atoms. The summed E-state index contributed by atoms with van der Waals surface area (Å²) in [6.07, 6.45) is 2.10. The largest absolute Gasteiger partial charge is 0.336 e. The van der Waals surface area contributed by atoms with Gasteiger partial charge in [-0.1, -0.05) is 11.6 Å². The molecule has 2 atom stereocenters. The molecule has 2 saturated heterocycles. The van der Waals surface area contributed by atoms with Crippen molar-refractivity contribution in [3.8, 4) is 0 Å². The van der Waals surface area contributed by atoms with Gasteiger partial charge in [0.15, 0.2) is 0 Å². The van der Waals surface area contributed by atoms with Crippen molar-refractivity contribution in [1.82, 2.24) is 20.0 Å². The van der Waals surface area contributed by atoms with Crippen LogP contribution in [0.25, 0.3) is 0 Å². The first-order valence-corrected chi connectivity index (χ1v) is 7.16. The number of halogens is 1. The fraction of sp³-hybridized carbons (Fsp3) is 0.692. The van der Waals surface area contributed by atoms with E-state index in [2.05, 4.69) is 10.4 Å². The molecule has 0 radical (unpaired) electrons. The number of amides is 1. The smallest absolute Gasteiger partial charge is 0.227 e. The highest BCUT2D eigenvalue weighted by molar-refractivity contribution is 6.30. The Hall–Kier alpha value is -1.07. The fourth-order valence-electron chi connectivity index (χ4n) is 3.19. The molecule has 2 aliphatic heterocycles. The zero-order valence-electron chi connectivity index (χ0n) is 11.3. The molecular weight excluding hydrogens is 264 g/mol. The Morgan fingerprint density at radius 2 is 2.32 bits per heavy atom. The highest BCUT2D eigenvalue weighted by atomic mass is 35.5. The van der Waals surface area contributed by atoms with Crippen LogP contribution in [0.2, 0.25) is 5.15 Å². The predicted molar refractivity (Wildman–Crippen MR) is 72.9 cm³/mol. The van der Waals surface area contributed by atoms with Crippen LogP contribution in [0.1, 0.15) is 24.1 Å². The molecule has 3 rings (SSSR count). The Bertz CT molecular complexity index is 513. The summed E-state index contributed by atoms with van der Waals surface area (Å²) < 4.78 is 1.66. The Morgan fingerprint density at radius 3 is 2.95 bits per heavy atom. The lowest BCUT2D eigenvalue weighted by atomic mass is 9.94. The van der Waals surface area contributed by atoms with Crippen LogP contribution in [0.15, 0.2) is 0 Å². The Balaban J connectivity index is 1.79. The number of aryl methyl sites for hydroxylation is 2. The van der Waals surface area contributed by atoms with Crippen molar-refractivity contribution in [3.05, 3.63) is 16.4 Å². The summed E-state index contributed by atoms with van der Waals surface area (Å²) in [6, 6.07) is 0.317. The number of hydrogen-bond acceptors (Lipinski definition) is 3. The van der Waals surface area contributed by atoms with E-state index in [1.54, 1.807) is 4.68 Å². The van der Waals surface area contributed by atoms with E-state index in [9.17, 15) is 4.79 Å². The van der Waals surface area contributed by atoms with E-state index < -0.39 is 0 Å². The van der Waals surface area contributed by atoms with Gasteiger partial charge in [-0.2, -0.15) is 5.10 Å². The van der Waals surface area contributed by atoms with Gasteiger partial charge in [0.2, 0.25) is 5.91 Å². The van der Waals surface area contributed by atoms with Crippen molar-refractivity contribution in [2.24, 2.45) is 13.0 Å². The second-order valence-corrected chi connectivity index (χ2v) is 5.86. The summed E-state index contributed by atoms with van der Waals surface area (Å²) >= 11 is 6.24. The second-order valence-electron chi connectivity index (χ2n) is 5.51. The maximum absolute atomic E-state index is 12.4. The van der Waals surface area contributed by atoms with Crippen molar-refractivity contribution < 1.29 is 4.79 Å². The Labute approximate surface area is 117 Å². The van der Waals surface area contributed by atoms with Gasteiger partial charge >= 0.3 is 0 Å². The molecule has 104 valence electrons. The number of likely N-dealkylation sites (tertiary alicyclic amines) is 1. The van der Waals surface area contributed by atoms with E-state index in [0.717, 1.165) is 37.2 Å². The standard InChI is InChI=1S/C13H19ClN4O/c1-8-10(12(14)17(2)16-8)6-18-7-11-9(13(18)19)4-3-5-15-11/h9,11,15H,3-7H2,1-2H3. The molecule has 5 nitrogen and oxygen atoms in total. The molecule has 0 aromatic carbocycles. The molecule has 1 aromatic rings. The first-order chi connectivity index (χ1) is 9.08. The minimum absolute atomic E-state index is 0.157. The van der Waals surface area contributed by atoms with Gasteiger partial charge in [-0.3, -0.25) is 9.48 Å². The molecule has 2 unspecified atom stereocenters. The topological polar surface area (TPSA) is 50.2 Å². The zero-order valence-corrected chi connectivity index (χ0v) is 12.1. The number of nitrogens with zero attached hydrogens (tertiary/aromatic N) is 3. The third-order valence-corrected chi connectivity index (χ3v) is 4.72. The molecule has 2 aliphatic rings. The number of hydrogen-bond donors (Lipinski definition) is 1. The molecule has 19 heavy (non-hydrogen) atoms. The molecule has 1 amide bonds. The van der Waals surface area contributed by atoms with Crippen LogP contribution < -0.4 is 5.32 Å². The van der Waals surface area contributed by atoms with Gasteiger partial charge in [-0.25, -0.2) is 0 Å². The number of piperidine rings is 1. The van der Waals surface area contributed by atoms with E-state index in [4.69, 9.17) is 11.6 Å². The fourth-order valence-corrected chi connectivity index (χ4v) is 3.42. The monoisotopic (exact) mass is 282 g/mol. The van der Waals surface area contributed by atoms with Crippen LogP contribution in [-0.4, -0.2) is 39.7 Å². The first kappa shape index (κ1) is 12.9. The Morgan fingerprint density at radius 1 is 1.53 bits per heavy atom. The van der Waals surface area contributed by atoms with Crippen molar-refractivity contribution in [3.63, 3.8) is 0 Å². The van der Waals surface area contributed by atoms with Crippen molar-refractivity contribution in [2.75, 3.05) is 13.1 Å². The first-order valence-electron chi connectivity index (χ1n) is 6.78. The lowest BCUT2D eigenvalue weighted by Gasteiger charge is -2.23. The Kier molecular flexibility index (Phi) is 3.27. The van der Waals surface area contributed by atoms with Gasteiger partial charge in [0, 0.05) is 25.2 Å². The molecule has 1 N–H and O–H groups in total. The zero-order chi connectivity index (χ0) is 13.6. The SMILES string of the molecule is Cc1nn(C)c(Cl)c1CN1CC2NCCCC2C1=O. The average molecular weight is 283 g/mol. The van der Waals surface area contributed by atoms with Gasteiger partial charge in [0.25, 0.3) is 0 Å². The summed E-state index contributed by atoms with van der Waals surface area (Å²) in [5.41, 5.74) is 1.87. The van der Waals surface area contributed by atoms with Gasteiger partial charge in [-0.15, -0.1) is 0 Å². The van der Waals surface area contributed by atoms with Crippen molar-refractivity contribution in [2.45, 2.75) is 32.4 Å². The maximum Gasteiger partial charge on any atom is 0.227 e. The number of rotatable bonds is 2. The second kappa shape index (κ2) is 4.80. The number of fused-ring (bicyclic) bond motifs is 1. The van der Waals surface area contributed by atoms with Crippen LogP contribution in [0.4, 0.5) is 0 Å². The van der Waals surface area contributed by atoms with Gasteiger partial charge in [-0.05, 0) is 26.3 Å². The summed E-state index contributed by atoms with van der Waals surface area (Å²) in [4.78, 5) is 14.3. The van der Waals surface area contributed by atoms with Crippen LogP contribution in [0.5, 0.6) is 0 Å². The number of aromatic nitrogens is 2. The molecule has 0 spiro atoms. The molecule has 6 heteroatoms. The molecule has 0 saturated carbocycles. The average Bonchev–Trinajstić information content (AvgIpc) is 2.83. The maximum atomic E-state index is 12.4. The lowest BCUT2D eigenvalue weighted by molar-refractivity contribution is -0.131. The van der Waals surface area contributed by atoms with E-state index in [1.807, 2.05) is 18.9 Å². The lowest BCUT2D eigenvalue weighted by Crippen LogP contribution is -2.41. The van der Waals surface area contributed by atoms with Crippen LogP contribution in [0.3, 0.4) is 0 Å². The van der Waals surface area contributed by atoms with E-state index >= 15 is 0 Å². The van der Waals surface area contributed by atoms with E-state index in [-0.39, 0.29) is 11.8 Å². The van der Waals surface area contributed by atoms with Crippen molar-refractivity contribution in [1.29, 1.82) is 0 Å². The summed E-state index contributed by atoms with van der Waals surface area (Å²) in [7, 11) is 1.83. The molecule has 1 aromatic heterocycles. The highest BCUT2D eigenvalue weighted by Crippen LogP contribution is 2.29. The summed E-state index contributed by atoms with van der Waals surface area (Å²) in [6.45, 7) is 4.32. The molecule has 2 fully saturated rings. The number of carbonyl (C=O) groups excluding carboxylic acids is 1.